The predicted octanol–water partition coefficient (Wildman–Crippen LogP) is 3.40. The molecule has 20 heavy (non-hydrogen) atoms. The van der Waals surface area contributed by atoms with Crippen LogP contribution in [-0.2, 0) is 4.79 Å². The van der Waals surface area contributed by atoms with Gasteiger partial charge in [0.2, 0.25) is 0 Å². The van der Waals surface area contributed by atoms with Gasteiger partial charge in [0, 0.05) is 17.6 Å². The van der Waals surface area contributed by atoms with E-state index in [0.717, 1.165) is 23.2 Å². The third-order valence-corrected chi connectivity index (χ3v) is 4.90. The molecule has 0 unspecified atom stereocenters. The molecule has 0 aromatic heterocycles. The molecule has 1 N–H and O–H groups in total. The van der Waals surface area contributed by atoms with E-state index in [-0.39, 0.29) is 0 Å². The van der Waals surface area contributed by atoms with Crippen LogP contribution in [-0.4, -0.2) is 24.2 Å². The molecule has 1 aromatic carbocycles. The quantitative estimate of drug-likeness (QED) is 0.918. The van der Waals surface area contributed by atoms with Crippen LogP contribution in [0.15, 0.2) is 22.7 Å². The lowest BCUT2D eigenvalue weighted by molar-refractivity contribution is -0.150. The summed E-state index contributed by atoms with van der Waals surface area (Å²) in [5, 5.41) is 18.3. The third-order valence-electron chi connectivity index (χ3n) is 4.27. The summed E-state index contributed by atoms with van der Waals surface area (Å²) < 4.78 is 0.885. The van der Waals surface area contributed by atoms with Crippen molar-refractivity contribution in [2.24, 2.45) is 5.41 Å². The lowest BCUT2D eigenvalue weighted by atomic mass is 9.76. The van der Waals surface area contributed by atoms with Crippen molar-refractivity contribution in [1.29, 1.82) is 5.26 Å². The Morgan fingerprint density at radius 3 is 2.60 bits per heavy atom. The summed E-state index contributed by atoms with van der Waals surface area (Å²) in [6.45, 7) is 3.40. The average Bonchev–Trinajstić information content (AvgIpc) is 2.47. The number of halogens is 1. The minimum absolute atomic E-state index is 0.574. The highest BCUT2D eigenvalue weighted by Crippen LogP contribution is 2.38. The molecule has 0 bridgehead atoms. The molecule has 0 saturated carbocycles. The Balaban J connectivity index is 2.15. The van der Waals surface area contributed by atoms with Crippen LogP contribution in [0.4, 0.5) is 5.69 Å². The maximum atomic E-state index is 11.4. The molecule has 1 saturated heterocycles. The number of aliphatic carboxylic acids is 1. The van der Waals surface area contributed by atoms with Crippen LogP contribution in [0.2, 0.25) is 0 Å². The highest BCUT2D eigenvalue weighted by Gasteiger charge is 2.40. The zero-order chi connectivity index (χ0) is 14.8. The van der Waals surface area contributed by atoms with Crippen LogP contribution >= 0.6 is 15.9 Å². The van der Waals surface area contributed by atoms with Gasteiger partial charge in [0.15, 0.2) is 0 Å². The summed E-state index contributed by atoms with van der Waals surface area (Å²) >= 11 is 3.49. The normalized spacial score (nSPS) is 17.6. The summed E-state index contributed by atoms with van der Waals surface area (Å²) in [7, 11) is 0. The largest absolute Gasteiger partial charge is 0.481 e. The summed E-state index contributed by atoms with van der Waals surface area (Å²) in [5.41, 5.74) is 1.07. The highest BCUT2D eigenvalue weighted by atomic mass is 79.9. The van der Waals surface area contributed by atoms with E-state index in [1.54, 1.807) is 12.1 Å². The number of rotatable bonds is 3. The van der Waals surface area contributed by atoms with E-state index < -0.39 is 11.4 Å². The van der Waals surface area contributed by atoms with E-state index in [1.807, 2.05) is 13.0 Å². The van der Waals surface area contributed by atoms with E-state index in [9.17, 15) is 9.90 Å². The van der Waals surface area contributed by atoms with Gasteiger partial charge in [-0.25, -0.2) is 0 Å². The van der Waals surface area contributed by atoms with Gasteiger partial charge in [0.05, 0.1) is 22.7 Å². The predicted molar refractivity (Wildman–Crippen MR) is 80.7 cm³/mol. The van der Waals surface area contributed by atoms with Crippen molar-refractivity contribution in [3.05, 3.63) is 28.2 Å². The van der Waals surface area contributed by atoms with Crippen LogP contribution in [0.5, 0.6) is 0 Å². The SMILES string of the molecule is CCC1(C(=O)O)CCN(c2ccc(C#N)cc2Br)CC1. The van der Waals surface area contributed by atoms with Crippen molar-refractivity contribution in [3.8, 4) is 6.07 Å². The molecule has 0 radical (unpaired) electrons. The van der Waals surface area contributed by atoms with Crippen molar-refractivity contribution >= 4 is 27.6 Å². The minimum Gasteiger partial charge on any atom is -0.481 e. The van der Waals surface area contributed by atoms with Crippen LogP contribution in [0, 0.1) is 16.7 Å². The lowest BCUT2D eigenvalue weighted by Crippen LogP contribution is -2.44. The van der Waals surface area contributed by atoms with Gasteiger partial charge in [-0.1, -0.05) is 6.92 Å². The van der Waals surface area contributed by atoms with E-state index in [0.29, 0.717) is 24.8 Å². The van der Waals surface area contributed by atoms with Gasteiger partial charge in [0.25, 0.3) is 0 Å². The van der Waals surface area contributed by atoms with Crippen molar-refractivity contribution in [2.75, 3.05) is 18.0 Å². The summed E-state index contributed by atoms with van der Waals surface area (Å²) in [6, 6.07) is 7.62. The van der Waals surface area contributed by atoms with Crippen molar-refractivity contribution in [2.45, 2.75) is 26.2 Å². The number of carbonyl (C=O) groups is 1. The molecule has 1 aromatic rings. The zero-order valence-corrected chi connectivity index (χ0v) is 13.0. The monoisotopic (exact) mass is 336 g/mol. The second kappa shape index (κ2) is 5.84. The number of hydrogen-bond donors (Lipinski definition) is 1. The number of carboxylic acid groups (broad SMARTS) is 1. The minimum atomic E-state index is -0.682. The Bertz CT molecular complexity index is 557. The van der Waals surface area contributed by atoms with E-state index in [1.165, 1.54) is 0 Å². The van der Waals surface area contributed by atoms with Crippen molar-refractivity contribution in [1.82, 2.24) is 0 Å². The molecule has 106 valence electrons. The summed E-state index contributed by atoms with van der Waals surface area (Å²) in [6.07, 6.45) is 1.99. The average molecular weight is 337 g/mol. The molecular formula is C15H17BrN2O2. The number of piperidine rings is 1. The highest BCUT2D eigenvalue weighted by molar-refractivity contribution is 9.10. The second-order valence-electron chi connectivity index (χ2n) is 5.20. The Labute approximate surface area is 127 Å². The molecule has 2 rings (SSSR count). The van der Waals surface area contributed by atoms with Crippen molar-refractivity contribution < 1.29 is 9.90 Å². The molecule has 1 heterocycles. The Morgan fingerprint density at radius 2 is 2.15 bits per heavy atom. The molecule has 0 atom stereocenters. The first kappa shape index (κ1) is 14.9. The van der Waals surface area contributed by atoms with Crippen LogP contribution in [0.1, 0.15) is 31.7 Å². The van der Waals surface area contributed by atoms with Gasteiger partial charge in [-0.05, 0) is 53.4 Å². The third kappa shape index (κ3) is 2.66. The molecule has 1 aliphatic rings. The van der Waals surface area contributed by atoms with Gasteiger partial charge in [-0.15, -0.1) is 0 Å². The lowest BCUT2D eigenvalue weighted by Gasteiger charge is -2.39. The first-order valence-electron chi connectivity index (χ1n) is 6.70. The van der Waals surface area contributed by atoms with Crippen molar-refractivity contribution in [3.63, 3.8) is 0 Å². The smallest absolute Gasteiger partial charge is 0.309 e. The van der Waals surface area contributed by atoms with Gasteiger partial charge in [0.1, 0.15) is 0 Å². The van der Waals surface area contributed by atoms with Gasteiger partial charge >= 0.3 is 5.97 Å². The first-order valence-corrected chi connectivity index (χ1v) is 7.50. The number of nitrogens with zero attached hydrogens (tertiary/aromatic N) is 2. The van der Waals surface area contributed by atoms with E-state index in [4.69, 9.17) is 5.26 Å². The topological polar surface area (TPSA) is 64.3 Å². The Morgan fingerprint density at radius 1 is 1.50 bits per heavy atom. The van der Waals surface area contributed by atoms with Gasteiger partial charge in [-0.3, -0.25) is 4.79 Å². The van der Waals surface area contributed by atoms with Crippen LogP contribution in [0.25, 0.3) is 0 Å². The fourth-order valence-electron chi connectivity index (χ4n) is 2.73. The molecule has 0 amide bonds. The van der Waals surface area contributed by atoms with E-state index >= 15 is 0 Å². The van der Waals surface area contributed by atoms with Crippen LogP contribution in [0.3, 0.4) is 0 Å². The summed E-state index contributed by atoms with van der Waals surface area (Å²) in [4.78, 5) is 13.6. The first-order chi connectivity index (χ1) is 9.52. The number of nitriles is 1. The summed E-state index contributed by atoms with van der Waals surface area (Å²) in [5.74, 6) is -0.682. The maximum Gasteiger partial charge on any atom is 0.309 e. The van der Waals surface area contributed by atoms with Gasteiger partial charge in [-0.2, -0.15) is 5.26 Å². The second-order valence-corrected chi connectivity index (χ2v) is 6.06. The number of carboxylic acids is 1. The Hall–Kier alpha value is -1.54. The van der Waals surface area contributed by atoms with Crippen LogP contribution < -0.4 is 4.90 Å². The number of benzene rings is 1. The standard InChI is InChI=1S/C15H17BrN2O2/c1-2-15(14(19)20)5-7-18(8-6-15)13-4-3-11(10-17)9-12(13)16/h3-4,9H,2,5-8H2,1H3,(H,19,20). The maximum absolute atomic E-state index is 11.4. The molecule has 4 nitrogen and oxygen atoms in total. The molecule has 0 aliphatic carbocycles. The zero-order valence-electron chi connectivity index (χ0n) is 11.4. The van der Waals surface area contributed by atoms with E-state index in [2.05, 4.69) is 26.9 Å². The number of anilines is 1. The fourth-order valence-corrected chi connectivity index (χ4v) is 3.36. The molecular weight excluding hydrogens is 320 g/mol. The fraction of sp³-hybridized carbons (Fsp3) is 0.467. The Kier molecular flexibility index (Phi) is 4.34. The molecule has 1 aliphatic heterocycles. The molecule has 0 spiro atoms. The molecule has 1 fully saturated rings. The van der Waals surface area contributed by atoms with Gasteiger partial charge < -0.3 is 10.0 Å². The molecule has 5 heteroatoms. The number of hydrogen-bond acceptors (Lipinski definition) is 3.